The Morgan fingerprint density at radius 1 is 1.58 bits per heavy atom. The van der Waals surface area contributed by atoms with Gasteiger partial charge in [0, 0.05) is 25.1 Å². The maximum absolute atomic E-state index is 13.6. The van der Waals surface area contributed by atoms with Gasteiger partial charge in [-0.2, -0.15) is 0 Å². The van der Waals surface area contributed by atoms with Crippen molar-refractivity contribution < 1.29 is 18.7 Å². The normalized spacial score (nSPS) is 18.3. The van der Waals surface area contributed by atoms with Crippen LogP contribution in [0.1, 0.15) is 25.8 Å². The van der Waals surface area contributed by atoms with E-state index in [0.29, 0.717) is 18.0 Å². The molecule has 1 aliphatic rings. The van der Waals surface area contributed by atoms with Gasteiger partial charge in [0.15, 0.2) is 0 Å². The minimum absolute atomic E-state index is 0.0449. The topological polar surface area (TPSA) is 65.4 Å². The number of benzene rings is 1. The summed E-state index contributed by atoms with van der Waals surface area (Å²) < 4.78 is 26.5. The number of nitrogens with zero attached hydrogens (tertiary/aromatic N) is 2. The van der Waals surface area contributed by atoms with Crippen molar-refractivity contribution in [2.75, 3.05) is 18.5 Å². The number of ether oxygens (including phenoxy) is 2. The third-order valence-electron chi connectivity index (χ3n) is 4.00. The van der Waals surface area contributed by atoms with E-state index in [1.807, 2.05) is 0 Å². The molecule has 0 aliphatic carbocycles. The van der Waals surface area contributed by atoms with Crippen LogP contribution in [0.3, 0.4) is 0 Å². The van der Waals surface area contributed by atoms with Crippen molar-refractivity contribution >= 4 is 11.6 Å². The standard InChI is InChI=1S/C17H20FN3O3/c1-12(21-7-6-19-11-21)17(22)20-15-9-13(18)4-5-16(15)24-10-14-3-2-8-23-14/h4-7,9,11-12,14H,2-3,8,10H2,1H3,(H,20,22)/t12-,14+/m0/s1. The fraction of sp³-hybridized carbons (Fsp3) is 0.412. The van der Waals surface area contributed by atoms with Crippen LogP contribution in [0.2, 0.25) is 0 Å². The summed E-state index contributed by atoms with van der Waals surface area (Å²) in [5.74, 6) is -0.288. The number of hydrogen-bond acceptors (Lipinski definition) is 4. The molecule has 1 saturated heterocycles. The van der Waals surface area contributed by atoms with E-state index in [9.17, 15) is 9.18 Å². The molecule has 0 spiro atoms. The van der Waals surface area contributed by atoms with Gasteiger partial charge in [-0.1, -0.05) is 0 Å². The highest BCUT2D eigenvalue weighted by molar-refractivity contribution is 5.94. The monoisotopic (exact) mass is 333 g/mol. The van der Waals surface area contributed by atoms with Gasteiger partial charge in [-0.15, -0.1) is 0 Å². The van der Waals surface area contributed by atoms with Gasteiger partial charge in [0.25, 0.3) is 0 Å². The summed E-state index contributed by atoms with van der Waals surface area (Å²) in [6, 6.07) is 3.60. The number of aromatic nitrogens is 2. The quantitative estimate of drug-likeness (QED) is 0.883. The van der Waals surface area contributed by atoms with Gasteiger partial charge in [0.1, 0.15) is 24.2 Å². The third-order valence-corrected chi connectivity index (χ3v) is 4.00. The van der Waals surface area contributed by atoms with E-state index in [-0.39, 0.29) is 12.0 Å². The molecular weight excluding hydrogens is 313 g/mol. The SMILES string of the molecule is C[C@@H](C(=O)Nc1cc(F)ccc1OC[C@H]1CCCO1)n1ccnc1. The number of anilines is 1. The second-order valence-corrected chi connectivity index (χ2v) is 5.76. The van der Waals surface area contributed by atoms with Gasteiger partial charge < -0.3 is 19.4 Å². The first-order valence-electron chi connectivity index (χ1n) is 7.96. The zero-order chi connectivity index (χ0) is 16.9. The Labute approximate surface area is 139 Å². The molecule has 0 bridgehead atoms. The van der Waals surface area contributed by atoms with Crippen molar-refractivity contribution in [1.29, 1.82) is 0 Å². The molecule has 0 saturated carbocycles. The van der Waals surface area contributed by atoms with Gasteiger partial charge in [0.05, 0.1) is 18.1 Å². The highest BCUT2D eigenvalue weighted by atomic mass is 19.1. The average molecular weight is 333 g/mol. The predicted molar refractivity (Wildman–Crippen MR) is 86.4 cm³/mol. The molecule has 1 amide bonds. The first-order valence-corrected chi connectivity index (χ1v) is 7.96. The minimum atomic E-state index is -0.471. The Bertz CT molecular complexity index is 684. The van der Waals surface area contributed by atoms with Crippen LogP contribution < -0.4 is 10.1 Å². The van der Waals surface area contributed by atoms with Gasteiger partial charge in [-0.3, -0.25) is 4.79 Å². The van der Waals surface area contributed by atoms with Gasteiger partial charge in [-0.25, -0.2) is 9.37 Å². The van der Waals surface area contributed by atoms with Crippen LogP contribution in [0.25, 0.3) is 0 Å². The molecule has 24 heavy (non-hydrogen) atoms. The van der Waals surface area contributed by atoms with E-state index in [1.165, 1.54) is 18.2 Å². The van der Waals surface area contributed by atoms with E-state index >= 15 is 0 Å². The summed E-state index contributed by atoms with van der Waals surface area (Å²) in [6.07, 6.45) is 6.87. The highest BCUT2D eigenvalue weighted by Gasteiger charge is 2.19. The lowest BCUT2D eigenvalue weighted by Gasteiger charge is -2.17. The number of rotatable bonds is 6. The second-order valence-electron chi connectivity index (χ2n) is 5.76. The Morgan fingerprint density at radius 2 is 2.46 bits per heavy atom. The van der Waals surface area contributed by atoms with Crippen molar-refractivity contribution in [3.05, 3.63) is 42.7 Å². The van der Waals surface area contributed by atoms with E-state index in [2.05, 4.69) is 10.3 Å². The van der Waals surface area contributed by atoms with Crippen LogP contribution >= 0.6 is 0 Å². The number of hydrogen-bond donors (Lipinski definition) is 1. The van der Waals surface area contributed by atoms with Crippen molar-refractivity contribution in [3.8, 4) is 5.75 Å². The molecule has 6 nitrogen and oxygen atoms in total. The van der Waals surface area contributed by atoms with Crippen LogP contribution in [-0.2, 0) is 9.53 Å². The van der Waals surface area contributed by atoms with E-state index in [0.717, 1.165) is 19.4 Å². The molecule has 0 radical (unpaired) electrons. The van der Waals surface area contributed by atoms with E-state index in [4.69, 9.17) is 9.47 Å². The van der Waals surface area contributed by atoms with Crippen molar-refractivity contribution in [3.63, 3.8) is 0 Å². The first kappa shape index (κ1) is 16.4. The van der Waals surface area contributed by atoms with Crippen molar-refractivity contribution in [2.45, 2.75) is 31.9 Å². The number of carbonyl (C=O) groups excluding carboxylic acids is 1. The molecule has 3 rings (SSSR count). The zero-order valence-corrected chi connectivity index (χ0v) is 13.4. The molecule has 2 atom stereocenters. The first-order chi connectivity index (χ1) is 11.6. The van der Waals surface area contributed by atoms with Gasteiger partial charge >= 0.3 is 0 Å². The van der Waals surface area contributed by atoms with E-state index < -0.39 is 11.9 Å². The van der Waals surface area contributed by atoms with Crippen LogP contribution in [0.5, 0.6) is 5.75 Å². The summed E-state index contributed by atoms with van der Waals surface area (Å²) >= 11 is 0. The maximum Gasteiger partial charge on any atom is 0.247 e. The molecule has 1 aliphatic heterocycles. The lowest BCUT2D eigenvalue weighted by molar-refractivity contribution is -0.118. The molecule has 7 heteroatoms. The molecule has 2 aromatic rings. The van der Waals surface area contributed by atoms with Crippen LogP contribution in [0.15, 0.2) is 36.9 Å². The molecule has 2 heterocycles. The summed E-state index contributed by atoms with van der Waals surface area (Å²) in [7, 11) is 0. The second kappa shape index (κ2) is 7.44. The Morgan fingerprint density at radius 3 is 3.17 bits per heavy atom. The average Bonchev–Trinajstić information content (AvgIpc) is 3.27. The van der Waals surface area contributed by atoms with E-state index in [1.54, 1.807) is 30.2 Å². The smallest absolute Gasteiger partial charge is 0.247 e. The van der Waals surface area contributed by atoms with Crippen LogP contribution in [0.4, 0.5) is 10.1 Å². The maximum atomic E-state index is 13.6. The summed E-state index contributed by atoms with van der Waals surface area (Å²) in [4.78, 5) is 16.3. The number of amides is 1. The molecule has 1 fully saturated rings. The molecule has 0 unspecified atom stereocenters. The minimum Gasteiger partial charge on any atom is -0.489 e. The Hall–Kier alpha value is -2.41. The summed E-state index contributed by atoms with van der Waals surface area (Å²) in [5, 5.41) is 2.72. The lowest BCUT2D eigenvalue weighted by Crippen LogP contribution is -2.24. The predicted octanol–water partition coefficient (Wildman–Crippen LogP) is 2.78. The number of carbonyl (C=O) groups is 1. The number of halogens is 1. The molecular formula is C17H20FN3O3. The van der Waals surface area contributed by atoms with Crippen molar-refractivity contribution in [1.82, 2.24) is 9.55 Å². The highest BCUT2D eigenvalue weighted by Crippen LogP contribution is 2.27. The molecule has 128 valence electrons. The Kier molecular flexibility index (Phi) is 5.10. The fourth-order valence-corrected chi connectivity index (χ4v) is 2.56. The number of imidazole rings is 1. The lowest BCUT2D eigenvalue weighted by atomic mass is 10.2. The van der Waals surface area contributed by atoms with Crippen LogP contribution in [0, 0.1) is 5.82 Å². The van der Waals surface area contributed by atoms with Crippen LogP contribution in [-0.4, -0.2) is 34.8 Å². The van der Waals surface area contributed by atoms with Gasteiger partial charge in [0.2, 0.25) is 5.91 Å². The molecule has 1 aromatic heterocycles. The Balaban J connectivity index is 1.69. The largest absolute Gasteiger partial charge is 0.489 e. The van der Waals surface area contributed by atoms with Gasteiger partial charge in [-0.05, 0) is 31.9 Å². The van der Waals surface area contributed by atoms with Crippen molar-refractivity contribution in [2.24, 2.45) is 0 Å². The molecule has 1 N–H and O–H groups in total. The third kappa shape index (κ3) is 3.91. The summed E-state index contributed by atoms with van der Waals surface area (Å²) in [6.45, 7) is 2.86. The number of nitrogens with one attached hydrogen (secondary N) is 1. The fourth-order valence-electron chi connectivity index (χ4n) is 2.56. The summed E-state index contributed by atoms with van der Waals surface area (Å²) in [5.41, 5.74) is 0.310. The molecule has 1 aromatic carbocycles. The zero-order valence-electron chi connectivity index (χ0n) is 13.4.